The molecule has 1 aliphatic carbocycles. The van der Waals surface area contributed by atoms with E-state index in [1.807, 2.05) is 6.07 Å². The Morgan fingerprint density at radius 2 is 2.15 bits per heavy atom. The maximum atomic E-state index is 9.89. The smallest absolute Gasteiger partial charge is 0.204 e. The van der Waals surface area contributed by atoms with Gasteiger partial charge in [-0.2, -0.15) is 5.26 Å². The van der Waals surface area contributed by atoms with Crippen molar-refractivity contribution in [2.45, 2.75) is 63.3 Å². The number of hydrogen-bond acceptors (Lipinski definition) is 6. The molecular formula is C19H23BrN4O2. The van der Waals surface area contributed by atoms with Crippen LogP contribution in [-0.4, -0.2) is 45.8 Å². The van der Waals surface area contributed by atoms with E-state index in [1.54, 1.807) is 12.3 Å². The molecule has 0 bridgehead atoms. The number of anilines is 1. The Morgan fingerprint density at radius 1 is 1.38 bits per heavy atom. The number of nitrogens with zero attached hydrogens (tertiary/aromatic N) is 3. The van der Waals surface area contributed by atoms with Crippen LogP contribution in [-0.2, 0) is 0 Å². The highest BCUT2D eigenvalue weighted by atomic mass is 79.9. The summed E-state index contributed by atoms with van der Waals surface area (Å²) in [6, 6.07) is 5.21. The molecule has 6 nitrogen and oxygen atoms in total. The molecule has 0 amide bonds. The zero-order valence-electron chi connectivity index (χ0n) is 14.8. The number of likely N-dealkylation sites (tertiary alicyclic amines) is 1. The van der Waals surface area contributed by atoms with Gasteiger partial charge in [-0.25, -0.2) is 4.98 Å². The zero-order valence-corrected chi connectivity index (χ0v) is 16.4. The molecule has 2 aromatic rings. The Kier molecular flexibility index (Phi) is 4.91. The minimum absolute atomic E-state index is 0.166. The number of pyridine rings is 1. The van der Waals surface area contributed by atoms with E-state index < -0.39 is 0 Å². The van der Waals surface area contributed by atoms with Crippen LogP contribution >= 0.6 is 15.9 Å². The summed E-state index contributed by atoms with van der Waals surface area (Å²) in [4.78, 5) is 6.94. The second-order valence-electron chi connectivity index (χ2n) is 7.51. The van der Waals surface area contributed by atoms with Crippen LogP contribution in [0.1, 0.15) is 44.8 Å². The van der Waals surface area contributed by atoms with Crippen LogP contribution in [0.2, 0.25) is 0 Å². The van der Waals surface area contributed by atoms with Crippen LogP contribution in [0.15, 0.2) is 21.2 Å². The third kappa shape index (κ3) is 3.34. The van der Waals surface area contributed by atoms with Gasteiger partial charge in [0.05, 0.1) is 16.8 Å². The number of fused-ring (bicyclic) bond motifs is 1. The molecule has 2 aromatic heterocycles. The second kappa shape index (κ2) is 7.18. The number of aliphatic hydroxyl groups excluding tert-OH is 1. The highest BCUT2D eigenvalue weighted by molar-refractivity contribution is 9.10. The Balaban J connectivity index is 1.41. The van der Waals surface area contributed by atoms with Crippen LogP contribution in [0, 0.1) is 11.3 Å². The van der Waals surface area contributed by atoms with Gasteiger partial charge >= 0.3 is 0 Å². The normalized spacial score (nSPS) is 29.8. The van der Waals surface area contributed by atoms with Gasteiger partial charge < -0.3 is 14.8 Å². The van der Waals surface area contributed by atoms with Gasteiger partial charge in [-0.3, -0.25) is 4.90 Å². The largest absolute Gasteiger partial charge is 0.444 e. The Morgan fingerprint density at radius 3 is 2.81 bits per heavy atom. The number of rotatable bonds is 3. The number of β-amino-alcohol motifs (C(OH)–C–C–N with tert-alkyl or cyclic N) is 1. The van der Waals surface area contributed by atoms with Gasteiger partial charge in [-0.15, -0.1) is 0 Å². The molecule has 0 radical (unpaired) electrons. The van der Waals surface area contributed by atoms with Crippen molar-refractivity contribution in [3.05, 3.63) is 22.5 Å². The molecule has 7 heteroatoms. The molecule has 26 heavy (non-hydrogen) atoms. The van der Waals surface area contributed by atoms with Crippen LogP contribution in [0.5, 0.6) is 0 Å². The summed E-state index contributed by atoms with van der Waals surface area (Å²) in [5, 5.41) is 23.3. The number of aliphatic hydroxyl groups is 1. The lowest BCUT2D eigenvalue weighted by Crippen LogP contribution is -2.42. The van der Waals surface area contributed by atoms with Crippen LogP contribution in [0.4, 0.5) is 5.82 Å². The molecule has 1 aliphatic heterocycles. The fraction of sp³-hybridized carbons (Fsp3) is 0.579. The Hall–Kier alpha value is -1.62. The van der Waals surface area contributed by atoms with Gasteiger partial charge in [0.2, 0.25) is 5.76 Å². The number of nitrogens with one attached hydrogen (secondary N) is 1. The number of aromatic nitrogens is 1. The lowest BCUT2D eigenvalue weighted by Gasteiger charge is -2.37. The molecule has 2 N–H and O–H groups in total. The lowest BCUT2D eigenvalue weighted by atomic mass is 9.90. The van der Waals surface area contributed by atoms with Crippen LogP contribution in [0.3, 0.4) is 0 Å². The zero-order chi connectivity index (χ0) is 18.3. The quantitative estimate of drug-likeness (QED) is 0.790. The van der Waals surface area contributed by atoms with Crippen molar-refractivity contribution in [1.29, 1.82) is 5.26 Å². The van der Waals surface area contributed by atoms with E-state index in [0.29, 0.717) is 29.5 Å². The molecule has 1 saturated heterocycles. The number of nitriles is 1. The first-order valence-electron chi connectivity index (χ1n) is 9.23. The number of halogens is 1. The predicted molar refractivity (Wildman–Crippen MR) is 103 cm³/mol. The lowest BCUT2D eigenvalue weighted by molar-refractivity contribution is 0.124. The highest BCUT2D eigenvalue weighted by Gasteiger charge is 2.35. The average Bonchev–Trinajstić information content (AvgIpc) is 3.21. The van der Waals surface area contributed by atoms with E-state index in [2.05, 4.69) is 38.1 Å². The molecule has 0 unspecified atom stereocenters. The summed E-state index contributed by atoms with van der Waals surface area (Å²) in [5.74, 6) is 1.10. The van der Waals surface area contributed by atoms with Crippen molar-refractivity contribution in [2.24, 2.45) is 0 Å². The van der Waals surface area contributed by atoms with Gasteiger partial charge in [0.1, 0.15) is 11.9 Å². The molecule has 4 rings (SSSR count). The molecule has 0 aromatic carbocycles. The third-order valence-corrected chi connectivity index (χ3v) is 6.54. The molecule has 2 atom stereocenters. The summed E-state index contributed by atoms with van der Waals surface area (Å²) in [7, 11) is 0. The molecule has 1 saturated carbocycles. The maximum Gasteiger partial charge on any atom is 0.204 e. The molecule has 138 valence electrons. The summed E-state index contributed by atoms with van der Waals surface area (Å²) in [6.45, 7) is 3.03. The van der Waals surface area contributed by atoms with Gasteiger partial charge in [0.25, 0.3) is 0 Å². The minimum Gasteiger partial charge on any atom is -0.444 e. The Bertz CT molecular complexity index is 838. The topological polar surface area (TPSA) is 85.3 Å². The third-order valence-electron chi connectivity index (χ3n) is 5.73. The van der Waals surface area contributed by atoms with Gasteiger partial charge in [-0.05, 0) is 55.0 Å². The van der Waals surface area contributed by atoms with Gasteiger partial charge in [0, 0.05) is 36.1 Å². The molecule has 0 spiro atoms. The van der Waals surface area contributed by atoms with E-state index in [4.69, 9.17) is 9.68 Å². The van der Waals surface area contributed by atoms with Crippen molar-refractivity contribution in [2.75, 3.05) is 11.9 Å². The summed E-state index contributed by atoms with van der Waals surface area (Å²) < 4.78 is 6.27. The first-order chi connectivity index (χ1) is 12.5. The SMILES string of the molecule is C[C@@H]1C[C@H](O)CN1C1CCC(Nc2ncc3oc(C#N)cc3c2Br)CC1. The summed E-state index contributed by atoms with van der Waals surface area (Å²) in [6.07, 6.45) is 6.85. The van der Waals surface area contributed by atoms with E-state index in [-0.39, 0.29) is 6.10 Å². The van der Waals surface area contributed by atoms with Crippen molar-refractivity contribution < 1.29 is 9.52 Å². The van der Waals surface area contributed by atoms with E-state index >= 15 is 0 Å². The first kappa shape index (κ1) is 17.8. The Labute approximate surface area is 161 Å². The van der Waals surface area contributed by atoms with E-state index in [1.165, 1.54) is 0 Å². The fourth-order valence-electron chi connectivity index (χ4n) is 4.42. The predicted octanol–water partition coefficient (Wildman–Crippen LogP) is 3.64. The van der Waals surface area contributed by atoms with Crippen molar-refractivity contribution >= 4 is 32.7 Å². The summed E-state index contributed by atoms with van der Waals surface area (Å²) >= 11 is 3.60. The maximum absolute atomic E-state index is 9.89. The summed E-state index contributed by atoms with van der Waals surface area (Å²) in [5.41, 5.74) is 0.615. The first-order valence-corrected chi connectivity index (χ1v) is 10.0. The number of hydrogen-bond donors (Lipinski definition) is 2. The average molecular weight is 419 g/mol. The monoisotopic (exact) mass is 418 g/mol. The van der Waals surface area contributed by atoms with Crippen LogP contribution in [0.25, 0.3) is 11.0 Å². The van der Waals surface area contributed by atoms with Crippen LogP contribution < -0.4 is 5.32 Å². The van der Waals surface area contributed by atoms with Gasteiger partial charge in [-0.1, -0.05) is 0 Å². The number of furan rings is 1. The highest BCUT2D eigenvalue weighted by Crippen LogP contribution is 2.34. The molecule has 2 aliphatic rings. The standard InChI is InChI=1S/C19H23BrN4O2/c1-11-6-14(25)10-24(11)13-4-2-12(3-5-13)23-19-18(20)16-7-15(8-21)26-17(16)9-22-19/h7,9,11-14,25H,2-6,10H2,1H3,(H,22,23)/t11-,12?,13?,14+/m1/s1. The van der Waals surface area contributed by atoms with E-state index in [9.17, 15) is 5.11 Å². The van der Waals surface area contributed by atoms with Gasteiger partial charge in [0.15, 0.2) is 5.58 Å². The van der Waals surface area contributed by atoms with Crippen molar-refractivity contribution in [1.82, 2.24) is 9.88 Å². The van der Waals surface area contributed by atoms with Crippen molar-refractivity contribution in [3.63, 3.8) is 0 Å². The molecule has 2 fully saturated rings. The van der Waals surface area contributed by atoms with Crippen molar-refractivity contribution in [3.8, 4) is 6.07 Å². The fourth-order valence-corrected chi connectivity index (χ4v) is 4.94. The van der Waals surface area contributed by atoms with E-state index in [0.717, 1.165) is 54.3 Å². The molecular weight excluding hydrogens is 396 g/mol. The second-order valence-corrected chi connectivity index (χ2v) is 8.30. The minimum atomic E-state index is -0.166. The molecule has 3 heterocycles.